The van der Waals surface area contributed by atoms with E-state index in [9.17, 15) is 9.59 Å². The number of fused-ring (bicyclic) bond motifs is 2. The molecule has 7 heteroatoms. The zero-order chi connectivity index (χ0) is 28.0. The van der Waals surface area contributed by atoms with Crippen molar-refractivity contribution in [3.63, 3.8) is 0 Å². The molecule has 40 heavy (non-hydrogen) atoms. The number of nitrogens with one attached hydrogen (secondary N) is 2. The van der Waals surface area contributed by atoms with Gasteiger partial charge in [-0.2, -0.15) is 0 Å². The van der Waals surface area contributed by atoms with Crippen LogP contribution in [0.5, 0.6) is 0 Å². The Balaban J connectivity index is 1.50. The highest BCUT2D eigenvalue weighted by Crippen LogP contribution is 2.32. The summed E-state index contributed by atoms with van der Waals surface area (Å²) in [6, 6.07) is 15.5. The van der Waals surface area contributed by atoms with Gasteiger partial charge in [0.05, 0.1) is 18.6 Å². The molecular weight excluding hydrogens is 504 g/mol. The number of benzene rings is 2. The van der Waals surface area contributed by atoms with Gasteiger partial charge in [-0.15, -0.1) is 0 Å². The van der Waals surface area contributed by atoms with Crippen LogP contribution in [0.15, 0.2) is 69.9 Å². The predicted molar refractivity (Wildman–Crippen MR) is 156 cm³/mol. The first-order valence-electron chi connectivity index (χ1n) is 14.6. The molecule has 0 radical (unpaired) electrons. The summed E-state index contributed by atoms with van der Waals surface area (Å²) in [7, 11) is 0. The van der Waals surface area contributed by atoms with Crippen molar-refractivity contribution in [2.45, 2.75) is 64.9 Å². The van der Waals surface area contributed by atoms with Crippen molar-refractivity contribution in [2.24, 2.45) is 11.3 Å². The van der Waals surface area contributed by atoms with E-state index in [-0.39, 0.29) is 30.8 Å². The summed E-state index contributed by atoms with van der Waals surface area (Å²) in [5.41, 5.74) is 1.99. The number of ether oxygens (including phenoxy) is 1. The number of amides is 2. The van der Waals surface area contributed by atoms with Gasteiger partial charge < -0.3 is 24.2 Å². The third kappa shape index (κ3) is 6.41. The molecule has 0 spiro atoms. The van der Waals surface area contributed by atoms with Gasteiger partial charge in [0, 0.05) is 30.5 Å². The van der Waals surface area contributed by atoms with E-state index in [0.29, 0.717) is 25.6 Å². The van der Waals surface area contributed by atoms with E-state index in [1.54, 1.807) is 12.5 Å². The van der Waals surface area contributed by atoms with Crippen LogP contribution in [-0.4, -0.2) is 37.6 Å². The van der Waals surface area contributed by atoms with Gasteiger partial charge >= 0.3 is 0 Å². The zero-order valence-electron chi connectivity index (χ0n) is 23.5. The fraction of sp³-hybridized carbons (Fsp3) is 0.455. The van der Waals surface area contributed by atoms with Crippen LogP contribution < -0.4 is 10.6 Å². The van der Waals surface area contributed by atoms with Gasteiger partial charge in [0.2, 0.25) is 11.8 Å². The maximum atomic E-state index is 14.3. The van der Waals surface area contributed by atoms with Crippen molar-refractivity contribution in [1.82, 2.24) is 10.6 Å². The summed E-state index contributed by atoms with van der Waals surface area (Å²) in [4.78, 5) is 28.5. The molecule has 5 rings (SSSR count). The van der Waals surface area contributed by atoms with Crippen molar-refractivity contribution in [3.8, 4) is 0 Å². The predicted octanol–water partition coefficient (Wildman–Crippen LogP) is 6.19. The zero-order valence-corrected chi connectivity index (χ0v) is 23.5. The summed E-state index contributed by atoms with van der Waals surface area (Å²) < 4.78 is 16.8. The highest BCUT2D eigenvalue weighted by molar-refractivity contribution is 6.06. The van der Waals surface area contributed by atoms with E-state index < -0.39 is 5.41 Å². The Morgan fingerprint density at radius 2 is 1.55 bits per heavy atom. The second kappa shape index (κ2) is 12.7. The van der Waals surface area contributed by atoms with Gasteiger partial charge in [-0.1, -0.05) is 38.8 Å². The lowest BCUT2D eigenvalue weighted by Crippen LogP contribution is -2.55. The number of carbonyl (C=O) groups is 2. The molecule has 4 aromatic rings. The number of unbranched alkanes of at least 4 members (excludes halogenated alkanes) is 1. The third-order valence-corrected chi connectivity index (χ3v) is 8.09. The second-order valence-electron chi connectivity index (χ2n) is 11.3. The monoisotopic (exact) mass is 544 g/mol. The Kier molecular flexibility index (Phi) is 8.90. The summed E-state index contributed by atoms with van der Waals surface area (Å²) >= 11 is 0. The first-order valence-corrected chi connectivity index (χ1v) is 14.6. The number of rotatable bonds is 13. The van der Waals surface area contributed by atoms with Crippen molar-refractivity contribution in [2.75, 3.05) is 19.7 Å². The third-order valence-electron chi connectivity index (χ3n) is 8.09. The normalized spacial score (nSPS) is 16.4. The van der Waals surface area contributed by atoms with E-state index in [4.69, 9.17) is 13.6 Å². The minimum absolute atomic E-state index is 0.0247. The van der Waals surface area contributed by atoms with Crippen LogP contribution in [0, 0.1) is 11.3 Å². The smallest absolute Gasteiger partial charge is 0.236 e. The molecule has 2 N–H and O–H groups in total. The van der Waals surface area contributed by atoms with Crippen molar-refractivity contribution in [3.05, 3.63) is 72.2 Å². The molecule has 0 saturated carbocycles. The Labute approximate surface area is 235 Å². The molecule has 2 atom stereocenters. The summed E-state index contributed by atoms with van der Waals surface area (Å²) in [5.74, 6) is -0.206. The first kappa shape index (κ1) is 28.0. The topological polar surface area (TPSA) is 93.7 Å². The lowest BCUT2D eigenvalue weighted by molar-refractivity contribution is -0.144. The van der Waals surface area contributed by atoms with E-state index in [0.717, 1.165) is 65.2 Å². The molecule has 7 nitrogen and oxygen atoms in total. The van der Waals surface area contributed by atoms with Crippen LogP contribution >= 0.6 is 0 Å². The summed E-state index contributed by atoms with van der Waals surface area (Å²) in [6.07, 6.45) is 8.93. The molecule has 2 unspecified atom stereocenters. The van der Waals surface area contributed by atoms with Gasteiger partial charge in [-0.3, -0.25) is 9.59 Å². The largest absolute Gasteiger partial charge is 0.464 e. The number of carbonyl (C=O) groups excluding carboxylic acids is 2. The van der Waals surface area contributed by atoms with Gasteiger partial charge in [-0.25, -0.2) is 0 Å². The molecule has 212 valence electrons. The minimum Gasteiger partial charge on any atom is -0.464 e. The van der Waals surface area contributed by atoms with Crippen molar-refractivity contribution >= 4 is 33.8 Å². The molecular formula is C33H40N2O5. The SMILES string of the molecule is CCCCC(C)CNC(=O)C(Cc1ccc2occc2c1)(Cc1ccc2occc2c1)C(=O)NCC1CCCO1. The Bertz CT molecular complexity index is 1350. The Morgan fingerprint density at radius 3 is 2.12 bits per heavy atom. The minimum atomic E-state index is -1.36. The van der Waals surface area contributed by atoms with Gasteiger partial charge in [-0.05, 0) is 85.5 Å². The molecule has 0 aliphatic carbocycles. The van der Waals surface area contributed by atoms with Crippen molar-refractivity contribution in [1.29, 1.82) is 0 Å². The van der Waals surface area contributed by atoms with Crippen LogP contribution in [0.1, 0.15) is 57.1 Å². The van der Waals surface area contributed by atoms with Crippen LogP contribution in [0.3, 0.4) is 0 Å². The van der Waals surface area contributed by atoms with E-state index in [1.807, 2.05) is 48.5 Å². The summed E-state index contributed by atoms with van der Waals surface area (Å²) in [5, 5.41) is 8.18. The Morgan fingerprint density at radius 1 is 0.925 bits per heavy atom. The highest BCUT2D eigenvalue weighted by atomic mass is 16.5. The van der Waals surface area contributed by atoms with Crippen LogP contribution in [0.4, 0.5) is 0 Å². The molecule has 0 bridgehead atoms. The van der Waals surface area contributed by atoms with E-state index >= 15 is 0 Å². The molecule has 1 aliphatic heterocycles. The van der Waals surface area contributed by atoms with Gasteiger partial charge in [0.15, 0.2) is 0 Å². The van der Waals surface area contributed by atoms with Crippen molar-refractivity contribution < 1.29 is 23.2 Å². The lowest BCUT2D eigenvalue weighted by Gasteiger charge is -2.33. The van der Waals surface area contributed by atoms with Gasteiger partial charge in [0.25, 0.3) is 0 Å². The lowest BCUT2D eigenvalue weighted by atomic mass is 9.74. The van der Waals surface area contributed by atoms with E-state index in [1.165, 1.54) is 0 Å². The molecule has 2 aromatic heterocycles. The van der Waals surface area contributed by atoms with Crippen LogP contribution in [0.2, 0.25) is 0 Å². The molecule has 1 fully saturated rings. The molecule has 3 heterocycles. The fourth-order valence-electron chi connectivity index (χ4n) is 5.71. The summed E-state index contributed by atoms with van der Waals surface area (Å²) in [6.45, 7) is 5.94. The van der Waals surface area contributed by atoms with Gasteiger partial charge in [0.1, 0.15) is 16.6 Å². The van der Waals surface area contributed by atoms with E-state index in [2.05, 4.69) is 24.5 Å². The molecule has 2 amide bonds. The average Bonchev–Trinajstić information content (AvgIpc) is 3.74. The second-order valence-corrected chi connectivity index (χ2v) is 11.3. The molecule has 1 aliphatic rings. The van der Waals surface area contributed by atoms with Crippen LogP contribution in [0.25, 0.3) is 21.9 Å². The number of hydrogen-bond donors (Lipinski definition) is 2. The average molecular weight is 545 g/mol. The standard InChI is InChI=1S/C33H40N2O5/c1-3-4-6-23(2)21-34-31(36)33(32(37)35-22-28-7-5-14-38-28,19-24-8-10-29-26(17-24)12-15-39-29)20-25-9-11-30-27(18-25)13-16-40-30/h8-13,15-18,23,28H,3-7,14,19-22H2,1-2H3,(H,34,36)(H,35,37). The Hall–Kier alpha value is -3.58. The molecule has 2 aromatic carbocycles. The maximum Gasteiger partial charge on any atom is 0.236 e. The first-order chi connectivity index (χ1) is 19.5. The van der Waals surface area contributed by atoms with Crippen LogP contribution in [-0.2, 0) is 27.2 Å². The molecule has 1 saturated heterocycles. The quantitative estimate of drug-likeness (QED) is 0.196. The maximum absolute atomic E-state index is 14.3. The highest BCUT2D eigenvalue weighted by Gasteiger charge is 2.46. The number of furan rings is 2. The fourth-order valence-corrected chi connectivity index (χ4v) is 5.71. The number of hydrogen-bond acceptors (Lipinski definition) is 5.